The number of anilines is 1. The largest absolute Gasteiger partial charge is 0.376 e. The van der Waals surface area contributed by atoms with Crippen LogP contribution in [0.2, 0.25) is 0 Å². The van der Waals surface area contributed by atoms with Gasteiger partial charge < -0.3 is 15.0 Å². The molecule has 1 unspecified atom stereocenters. The van der Waals surface area contributed by atoms with Crippen molar-refractivity contribution in [3.8, 4) is 0 Å². The molecule has 1 aliphatic rings. The summed E-state index contributed by atoms with van der Waals surface area (Å²) in [7, 11) is 2.13. The zero-order chi connectivity index (χ0) is 14.4. The summed E-state index contributed by atoms with van der Waals surface area (Å²) in [5, 5.41) is 3.40. The lowest BCUT2D eigenvalue weighted by atomic mass is 10.1. The zero-order valence-electron chi connectivity index (χ0n) is 12.9. The predicted molar refractivity (Wildman–Crippen MR) is 83.1 cm³/mol. The van der Waals surface area contributed by atoms with Crippen molar-refractivity contribution in [2.75, 3.05) is 25.1 Å². The van der Waals surface area contributed by atoms with E-state index in [0.717, 1.165) is 25.4 Å². The third-order valence-electron chi connectivity index (χ3n) is 3.68. The van der Waals surface area contributed by atoms with Gasteiger partial charge in [-0.25, -0.2) is 0 Å². The van der Waals surface area contributed by atoms with Gasteiger partial charge in [0.15, 0.2) is 0 Å². The summed E-state index contributed by atoms with van der Waals surface area (Å²) >= 11 is 0. The molecule has 0 saturated carbocycles. The number of ether oxygens (including phenoxy) is 1. The first-order valence-corrected chi connectivity index (χ1v) is 7.66. The maximum absolute atomic E-state index is 5.81. The number of hydrogen-bond acceptors (Lipinski definition) is 4. The highest BCUT2D eigenvalue weighted by Crippen LogP contribution is 2.18. The molecule has 1 aromatic rings. The Kier molecular flexibility index (Phi) is 5.80. The molecule has 0 spiro atoms. The molecule has 2 heterocycles. The van der Waals surface area contributed by atoms with E-state index in [-0.39, 0.29) is 0 Å². The number of pyridine rings is 1. The van der Waals surface area contributed by atoms with E-state index in [1.54, 1.807) is 0 Å². The van der Waals surface area contributed by atoms with E-state index >= 15 is 0 Å². The van der Waals surface area contributed by atoms with E-state index in [4.69, 9.17) is 4.74 Å². The van der Waals surface area contributed by atoms with Crippen LogP contribution in [-0.2, 0) is 11.3 Å². The van der Waals surface area contributed by atoms with Crippen LogP contribution in [-0.4, -0.2) is 37.3 Å². The standard InChI is InChI=1S/C16H27N3O/c1-13(2)18-11-14-10-15(7-8-17-14)19(3)12-16-6-4-5-9-20-16/h7-8,10,13,16,18H,4-6,9,11-12H2,1-3H3. The zero-order valence-corrected chi connectivity index (χ0v) is 12.9. The Bertz CT molecular complexity index is 402. The van der Waals surface area contributed by atoms with Crippen molar-refractivity contribution in [3.63, 3.8) is 0 Å². The summed E-state index contributed by atoms with van der Waals surface area (Å²) in [6.45, 7) is 6.99. The van der Waals surface area contributed by atoms with Crippen molar-refractivity contribution >= 4 is 5.69 Å². The molecule has 0 radical (unpaired) electrons. The first-order chi connectivity index (χ1) is 9.65. The van der Waals surface area contributed by atoms with Gasteiger partial charge in [-0.1, -0.05) is 13.8 Å². The van der Waals surface area contributed by atoms with Gasteiger partial charge in [-0.05, 0) is 31.4 Å². The Morgan fingerprint density at radius 1 is 1.45 bits per heavy atom. The number of likely N-dealkylation sites (N-methyl/N-ethyl adjacent to an activating group) is 1. The average Bonchev–Trinajstić information content (AvgIpc) is 2.46. The van der Waals surface area contributed by atoms with Crippen molar-refractivity contribution in [1.82, 2.24) is 10.3 Å². The quantitative estimate of drug-likeness (QED) is 0.867. The minimum atomic E-state index is 0.374. The molecular weight excluding hydrogens is 250 g/mol. The van der Waals surface area contributed by atoms with E-state index in [2.05, 4.69) is 48.2 Å². The lowest BCUT2D eigenvalue weighted by Gasteiger charge is -2.28. The van der Waals surface area contributed by atoms with Crippen LogP contribution in [0, 0.1) is 0 Å². The van der Waals surface area contributed by atoms with Crippen molar-refractivity contribution in [3.05, 3.63) is 24.0 Å². The fourth-order valence-corrected chi connectivity index (χ4v) is 2.47. The fraction of sp³-hybridized carbons (Fsp3) is 0.688. The summed E-state index contributed by atoms with van der Waals surface area (Å²) in [6.07, 6.45) is 5.94. The predicted octanol–water partition coefficient (Wildman–Crippen LogP) is 2.58. The van der Waals surface area contributed by atoms with Gasteiger partial charge in [0.25, 0.3) is 0 Å². The van der Waals surface area contributed by atoms with Crippen molar-refractivity contribution in [2.45, 2.75) is 51.8 Å². The molecule has 112 valence electrons. The molecular formula is C16H27N3O. The van der Waals surface area contributed by atoms with Gasteiger partial charge in [0, 0.05) is 44.7 Å². The summed E-state index contributed by atoms with van der Waals surface area (Å²) in [6, 6.07) is 4.72. The Morgan fingerprint density at radius 3 is 3.00 bits per heavy atom. The number of nitrogens with one attached hydrogen (secondary N) is 1. The van der Waals surface area contributed by atoms with Gasteiger partial charge in [-0.15, -0.1) is 0 Å². The molecule has 4 nitrogen and oxygen atoms in total. The van der Waals surface area contributed by atoms with Gasteiger partial charge in [0.05, 0.1) is 11.8 Å². The monoisotopic (exact) mass is 277 g/mol. The lowest BCUT2D eigenvalue weighted by Crippen LogP contribution is -2.33. The SMILES string of the molecule is CC(C)NCc1cc(N(C)CC2CCCCO2)ccn1. The van der Waals surface area contributed by atoms with E-state index in [1.165, 1.54) is 24.9 Å². The van der Waals surface area contributed by atoms with E-state index in [1.807, 2.05) is 6.20 Å². The highest BCUT2D eigenvalue weighted by molar-refractivity contribution is 5.45. The first kappa shape index (κ1) is 15.3. The van der Waals surface area contributed by atoms with Crippen LogP contribution in [0.15, 0.2) is 18.3 Å². The maximum Gasteiger partial charge on any atom is 0.0749 e. The third-order valence-corrected chi connectivity index (χ3v) is 3.68. The minimum absolute atomic E-state index is 0.374. The number of rotatable bonds is 6. The molecule has 2 rings (SSSR count). The van der Waals surface area contributed by atoms with Crippen LogP contribution in [0.4, 0.5) is 5.69 Å². The minimum Gasteiger partial charge on any atom is -0.376 e. The summed E-state index contributed by atoms with van der Waals surface area (Å²) in [5.41, 5.74) is 2.31. The molecule has 4 heteroatoms. The molecule has 0 bridgehead atoms. The van der Waals surface area contributed by atoms with Crippen LogP contribution < -0.4 is 10.2 Å². The number of nitrogens with zero attached hydrogens (tertiary/aromatic N) is 2. The Balaban J connectivity index is 1.91. The highest BCUT2D eigenvalue weighted by atomic mass is 16.5. The summed E-state index contributed by atoms with van der Waals surface area (Å²) in [5.74, 6) is 0. The molecule has 0 amide bonds. The van der Waals surface area contributed by atoms with E-state index < -0.39 is 0 Å². The van der Waals surface area contributed by atoms with E-state index in [0.29, 0.717) is 12.1 Å². The second-order valence-electron chi connectivity index (χ2n) is 5.91. The molecule has 1 aliphatic heterocycles. The number of hydrogen-bond donors (Lipinski definition) is 1. The third kappa shape index (κ3) is 4.76. The van der Waals surface area contributed by atoms with Crippen LogP contribution >= 0.6 is 0 Å². The van der Waals surface area contributed by atoms with E-state index in [9.17, 15) is 0 Å². The lowest BCUT2D eigenvalue weighted by molar-refractivity contribution is 0.0216. The van der Waals surface area contributed by atoms with Gasteiger partial charge in [-0.3, -0.25) is 4.98 Å². The van der Waals surface area contributed by atoms with Crippen molar-refractivity contribution < 1.29 is 4.74 Å². The molecule has 1 fully saturated rings. The number of aromatic nitrogens is 1. The van der Waals surface area contributed by atoms with Crippen LogP contribution in [0.5, 0.6) is 0 Å². The van der Waals surface area contributed by atoms with Gasteiger partial charge in [0.1, 0.15) is 0 Å². The molecule has 1 atom stereocenters. The molecule has 0 aromatic carbocycles. The molecule has 0 aliphatic carbocycles. The second-order valence-corrected chi connectivity index (χ2v) is 5.91. The fourth-order valence-electron chi connectivity index (χ4n) is 2.47. The van der Waals surface area contributed by atoms with Crippen LogP contribution in [0.1, 0.15) is 38.8 Å². The Hall–Kier alpha value is -1.13. The van der Waals surface area contributed by atoms with Crippen LogP contribution in [0.25, 0.3) is 0 Å². The Morgan fingerprint density at radius 2 is 2.30 bits per heavy atom. The summed E-state index contributed by atoms with van der Waals surface area (Å²) in [4.78, 5) is 6.69. The summed E-state index contributed by atoms with van der Waals surface area (Å²) < 4.78 is 5.81. The highest BCUT2D eigenvalue weighted by Gasteiger charge is 2.16. The Labute approximate surface area is 122 Å². The molecule has 1 saturated heterocycles. The van der Waals surface area contributed by atoms with Gasteiger partial charge in [0.2, 0.25) is 0 Å². The topological polar surface area (TPSA) is 37.4 Å². The van der Waals surface area contributed by atoms with Crippen molar-refractivity contribution in [2.24, 2.45) is 0 Å². The molecule has 1 N–H and O–H groups in total. The molecule has 1 aromatic heterocycles. The van der Waals surface area contributed by atoms with Gasteiger partial charge in [-0.2, -0.15) is 0 Å². The second kappa shape index (κ2) is 7.60. The van der Waals surface area contributed by atoms with Crippen molar-refractivity contribution in [1.29, 1.82) is 0 Å². The van der Waals surface area contributed by atoms with Crippen LogP contribution in [0.3, 0.4) is 0 Å². The van der Waals surface area contributed by atoms with Gasteiger partial charge >= 0.3 is 0 Å². The average molecular weight is 277 g/mol. The smallest absolute Gasteiger partial charge is 0.0749 e. The maximum atomic E-state index is 5.81. The molecule has 20 heavy (non-hydrogen) atoms. The normalized spacial score (nSPS) is 19.3. The first-order valence-electron chi connectivity index (χ1n) is 7.66.